The van der Waals surface area contributed by atoms with E-state index < -0.39 is 5.82 Å². The summed E-state index contributed by atoms with van der Waals surface area (Å²) in [6.45, 7) is 4.57. The highest BCUT2D eigenvalue weighted by Gasteiger charge is 2.14. The fourth-order valence-electron chi connectivity index (χ4n) is 3.52. The highest BCUT2D eigenvalue weighted by molar-refractivity contribution is 9.10. The van der Waals surface area contributed by atoms with Gasteiger partial charge >= 0.3 is 0 Å². The molecule has 4 aromatic rings. The Morgan fingerprint density at radius 2 is 1.76 bits per heavy atom. The highest BCUT2D eigenvalue weighted by Crippen LogP contribution is 2.25. The van der Waals surface area contributed by atoms with Gasteiger partial charge in [-0.2, -0.15) is 5.10 Å². The molecule has 1 amide bonds. The zero-order valence-corrected chi connectivity index (χ0v) is 21.0. The van der Waals surface area contributed by atoms with Crippen LogP contribution in [0.2, 0.25) is 5.02 Å². The smallest absolute Gasteiger partial charge is 0.256 e. The van der Waals surface area contributed by atoms with Crippen LogP contribution in [0.5, 0.6) is 5.75 Å². The van der Waals surface area contributed by atoms with E-state index in [1.165, 1.54) is 10.7 Å². The Morgan fingerprint density at radius 1 is 1.09 bits per heavy atom. The van der Waals surface area contributed by atoms with Gasteiger partial charge in [0.25, 0.3) is 5.91 Å². The molecular formula is C26H22BrClFN3O2. The van der Waals surface area contributed by atoms with Crippen LogP contribution in [0.15, 0.2) is 71.3 Å². The largest absolute Gasteiger partial charge is 0.488 e. The number of amides is 1. The Balaban J connectivity index is 1.40. The maximum Gasteiger partial charge on any atom is 0.256 e. The minimum absolute atomic E-state index is 0.134. The number of carbonyl (C=O) groups is 1. The molecule has 0 radical (unpaired) electrons. The average molecular weight is 543 g/mol. The van der Waals surface area contributed by atoms with Crippen LogP contribution in [-0.4, -0.2) is 15.7 Å². The van der Waals surface area contributed by atoms with Crippen LogP contribution in [0, 0.1) is 19.7 Å². The Kier molecular flexibility index (Phi) is 7.34. The minimum atomic E-state index is -0.411. The van der Waals surface area contributed by atoms with Crippen LogP contribution in [0.1, 0.15) is 32.6 Å². The molecule has 1 heterocycles. The number of aryl methyl sites for hydroxylation is 2. The molecule has 0 aliphatic rings. The van der Waals surface area contributed by atoms with Gasteiger partial charge in [0, 0.05) is 22.3 Å². The van der Waals surface area contributed by atoms with Crippen LogP contribution in [0.4, 0.5) is 10.2 Å². The molecule has 0 saturated heterocycles. The van der Waals surface area contributed by atoms with Crippen molar-refractivity contribution in [1.82, 2.24) is 9.78 Å². The Morgan fingerprint density at radius 3 is 2.44 bits per heavy atom. The lowest BCUT2D eigenvalue weighted by molar-refractivity contribution is 0.102. The quantitative estimate of drug-likeness (QED) is 0.275. The molecule has 0 aliphatic heterocycles. The Bertz CT molecular complexity index is 1300. The van der Waals surface area contributed by atoms with E-state index in [1.54, 1.807) is 30.5 Å². The van der Waals surface area contributed by atoms with Gasteiger partial charge in [-0.25, -0.2) is 4.39 Å². The summed E-state index contributed by atoms with van der Waals surface area (Å²) in [5.74, 6) is 0.491. The molecule has 1 aromatic heterocycles. The van der Waals surface area contributed by atoms with Gasteiger partial charge in [-0.15, -0.1) is 0 Å². The Hall–Kier alpha value is -3.16. The fraction of sp³-hybridized carbons (Fsp3) is 0.154. The van der Waals surface area contributed by atoms with Gasteiger partial charge in [0.15, 0.2) is 5.82 Å². The van der Waals surface area contributed by atoms with Gasteiger partial charge in [-0.3, -0.25) is 9.48 Å². The summed E-state index contributed by atoms with van der Waals surface area (Å²) in [4.78, 5) is 12.7. The number of rotatable bonds is 7. The number of nitrogens with one attached hydrogen (secondary N) is 1. The van der Waals surface area contributed by atoms with Crippen LogP contribution in [0.25, 0.3) is 0 Å². The third-order valence-corrected chi connectivity index (χ3v) is 6.27. The van der Waals surface area contributed by atoms with Crippen LogP contribution >= 0.6 is 27.5 Å². The predicted molar refractivity (Wildman–Crippen MR) is 135 cm³/mol. The molecule has 3 aromatic carbocycles. The first-order valence-electron chi connectivity index (χ1n) is 10.6. The molecule has 4 rings (SSSR count). The van der Waals surface area contributed by atoms with E-state index in [9.17, 15) is 9.18 Å². The van der Waals surface area contributed by atoms with E-state index >= 15 is 0 Å². The van der Waals surface area contributed by atoms with Crippen molar-refractivity contribution in [3.8, 4) is 5.75 Å². The Labute approximate surface area is 210 Å². The number of benzene rings is 3. The maximum atomic E-state index is 14.1. The number of aromatic nitrogens is 2. The average Bonchev–Trinajstić information content (AvgIpc) is 3.15. The molecular weight excluding hydrogens is 521 g/mol. The van der Waals surface area contributed by atoms with E-state index in [0.29, 0.717) is 33.0 Å². The lowest BCUT2D eigenvalue weighted by Gasteiger charge is -2.12. The summed E-state index contributed by atoms with van der Waals surface area (Å²) < 4.78 is 22.1. The van der Waals surface area contributed by atoms with E-state index in [4.69, 9.17) is 16.3 Å². The van der Waals surface area contributed by atoms with Crippen molar-refractivity contribution >= 4 is 39.3 Å². The molecule has 0 aliphatic carbocycles. The van der Waals surface area contributed by atoms with Crippen molar-refractivity contribution in [2.24, 2.45) is 0 Å². The zero-order chi connectivity index (χ0) is 24.2. The second kappa shape index (κ2) is 10.4. The second-order valence-electron chi connectivity index (χ2n) is 7.88. The van der Waals surface area contributed by atoms with Crippen molar-refractivity contribution < 1.29 is 13.9 Å². The van der Waals surface area contributed by atoms with Crippen molar-refractivity contribution in [3.05, 3.63) is 110 Å². The molecule has 8 heteroatoms. The summed E-state index contributed by atoms with van der Waals surface area (Å²) in [7, 11) is 0. The zero-order valence-electron chi connectivity index (χ0n) is 18.6. The first-order chi connectivity index (χ1) is 16.3. The number of anilines is 1. The summed E-state index contributed by atoms with van der Waals surface area (Å²) in [5, 5.41) is 7.44. The summed E-state index contributed by atoms with van der Waals surface area (Å²) in [5.41, 5.74) is 3.92. The van der Waals surface area contributed by atoms with Gasteiger partial charge in [-0.05, 0) is 70.7 Å². The number of hydrogen-bond donors (Lipinski definition) is 1. The second-order valence-corrected chi connectivity index (χ2v) is 9.15. The number of hydrogen-bond acceptors (Lipinski definition) is 3. The van der Waals surface area contributed by atoms with Crippen molar-refractivity contribution in [1.29, 1.82) is 0 Å². The molecule has 34 heavy (non-hydrogen) atoms. The number of nitrogens with zero attached hydrogens (tertiary/aromatic N) is 2. The summed E-state index contributed by atoms with van der Waals surface area (Å²) >= 11 is 9.50. The highest BCUT2D eigenvalue weighted by atomic mass is 79.9. The lowest BCUT2D eigenvalue weighted by Crippen LogP contribution is -2.13. The van der Waals surface area contributed by atoms with E-state index in [-0.39, 0.29) is 12.5 Å². The SMILES string of the molecule is Cc1cccc(C)c1OCc1ccc(C(=O)Nc2nn(Cc3c(F)cccc3Cl)cc2Br)cc1. The fourth-order valence-corrected chi connectivity index (χ4v) is 4.16. The predicted octanol–water partition coefficient (Wildman–Crippen LogP) is 6.93. The molecule has 0 saturated carbocycles. The van der Waals surface area contributed by atoms with E-state index in [0.717, 1.165) is 22.4 Å². The number of halogens is 3. The van der Waals surface area contributed by atoms with Gasteiger partial charge in [-0.1, -0.05) is 48.0 Å². The molecule has 5 nitrogen and oxygen atoms in total. The standard InChI is InChI=1S/C26H22BrClFN3O2/c1-16-5-3-6-17(2)24(16)34-15-18-9-11-19(12-10-18)26(33)30-25-21(27)14-32(31-25)13-20-22(28)7-4-8-23(20)29/h3-12,14H,13,15H2,1-2H3,(H,30,31,33). The van der Waals surface area contributed by atoms with Gasteiger partial charge in [0.2, 0.25) is 0 Å². The molecule has 0 fully saturated rings. The minimum Gasteiger partial charge on any atom is -0.488 e. The first-order valence-corrected chi connectivity index (χ1v) is 11.7. The van der Waals surface area contributed by atoms with Crippen molar-refractivity contribution in [2.75, 3.05) is 5.32 Å². The van der Waals surface area contributed by atoms with E-state index in [1.807, 2.05) is 44.2 Å². The topological polar surface area (TPSA) is 56.1 Å². The number of carbonyl (C=O) groups excluding carboxylic acids is 1. The van der Waals surface area contributed by atoms with Crippen LogP contribution in [-0.2, 0) is 13.2 Å². The van der Waals surface area contributed by atoms with Gasteiger partial charge in [0.05, 0.1) is 11.0 Å². The third kappa shape index (κ3) is 5.48. The molecule has 0 unspecified atom stereocenters. The first kappa shape index (κ1) is 24.0. The van der Waals surface area contributed by atoms with Crippen LogP contribution in [0.3, 0.4) is 0 Å². The maximum absolute atomic E-state index is 14.1. The lowest BCUT2D eigenvalue weighted by atomic mass is 10.1. The molecule has 174 valence electrons. The summed E-state index contributed by atoms with van der Waals surface area (Å²) in [6, 6.07) is 17.7. The normalized spacial score (nSPS) is 10.9. The van der Waals surface area contributed by atoms with Crippen molar-refractivity contribution in [3.63, 3.8) is 0 Å². The molecule has 0 atom stereocenters. The van der Waals surface area contributed by atoms with E-state index in [2.05, 4.69) is 26.3 Å². The monoisotopic (exact) mass is 541 g/mol. The molecule has 1 N–H and O–H groups in total. The third-order valence-electron chi connectivity index (χ3n) is 5.34. The number of ether oxygens (including phenoxy) is 1. The summed E-state index contributed by atoms with van der Waals surface area (Å²) in [6.07, 6.45) is 1.66. The number of para-hydroxylation sites is 1. The van der Waals surface area contributed by atoms with Gasteiger partial charge in [0.1, 0.15) is 18.2 Å². The molecule has 0 spiro atoms. The van der Waals surface area contributed by atoms with Crippen LogP contribution < -0.4 is 10.1 Å². The molecule has 0 bridgehead atoms. The van der Waals surface area contributed by atoms with Gasteiger partial charge < -0.3 is 10.1 Å². The van der Waals surface area contributed by atoms with Crippen molar-refractivity contribution in [2.45, 2.75) is 27.0 Å².